The van der Waals surface area contributed by atoms with Crippen LogP contribution in [0.4, 0.5) is 0 Å². The van der Waals surface area contributed by atoms with Gasteiger partial charge < -0.3 is 0 Å². The van der Waals surface area contributed by atoms with E-state index in [2.05, 4.69) is 0 Å². The SMILES string of the molecule is CC(C)(C)[O][In-]([O]C(C)(C)C)[O]C(C)(C)C. The van der Waals surface area contributed by atoms with E-state index in [1.165, 1.54) is 0 Å². The molecule has 0 saturated carbocycles. The van der Waals surface area contributed by atoms with Crippen molar-refractivity contribution in [1.29, 1.82) is 0 Å². The number of hydrogen-bond donors (Lipinski definition) is 0. The normalized spacial score (nSPS) is 14.6. The molecule has 0 fully saturated rings. The maximum absolute atomic E-state index is 5.96. The minimum absolute atomic E-state index is 0.197. The Hall–Kier alpha value is 0.750. The van der Waals surface area contributed by atoms with E-state index in [1.54, 1.807) is 0 Å². The molecule has 0 aromatic heterocycles. The topological polar surface area (TPSA) is 27.7 Å². The van der Waals surface area contributed by atoms with Crippen LogP contribution >= 0.6 is 0 Å². The van der Waals surface area contributed by atoms with Gasteiger partial charge in [0.1, 0.15) is 0 Å². The monoisotopic (exact) mass is 334 g/mol. The van der Waals surface area contributed by atoms with Gasteiger partial charge in [-0.1, -0.05) is 0 Å². The van der Waals surface area contributed by atoms with Crippen LogP contribution in [0, 0.1) is 0 Å². The van der Waals surface area contributed by atoms with Gasteiger partial charge in [-0.2, -0.15) is 0 Å². The molecule has 0 aliphatic heterocycles. The third-order valence-electron chi connectivity index (χ3n) is 1.35. The van der Waals surface area contributed by atoms with E-state index in [0.29, 0.717) is 0 Å². The molecule has 0 aromatic rings. The second-order valence-corrected chi connectivity index (χ2v) is 10.6. The molecule has 0 heterocycles. The Kier molecular flexibility index (Phi) is 5.86. The van der Waals surface area contributed by atoms with Crippen molar-refractivity contribution < 1.29 is 8.56 Å². The predicted octanol–water partition coefficient (Wildman–Crippen LogP) is 3.42. The summed E-state index contributed by atoms with van der Waals surface area (Å²) in [4.78, 5) is 0. The zero-order valence-corrected chi connectivity index (χ0v) is 15.6. The molecular formula is C12H27InO3-. The van der Waals surface area contributed by atoms with Crippen LogP contribution in [0.1, 0.15) is 62.3 Å². The zero-order valence-electron chi connectivity index (χ0n) is 12.3. The molecule has 16 heavy (non-hydrogen) atoms. The van der Waals surface area contributed by atoms with Gasteiger partial charge in [0.2, 0.25) is 0 Å². The molecule has 3 nitrogen and oxygen atoms in total. The molecule has 0 saturated heterocycles. The van der Waals surface area contributed by atoms with Crippen LogP contribution in [-0.2, 0) is 8.56 Å². The first-order valence-electron chi connectivity index (χ1n) is 5.82. The van der Waals surface area contributed by atoms with Crippen LogP contribution in [0.15, 0.2) is 0 Å². The molecule has 0 rings (SSSR count). The first-order valence-corrected chi connectivity index (χ1v) is 9.86. The van der Waals surface area contributed by atoms with Crippen molar-refractivity contribution in [2.45, 2.75) is 79.1 Å². The molecule has 0 spiro atoms. The number of rotatable bonds is 3. The van der Waals surface area contributed by atoms with Gasteiger partial charge in [0.15, 0.2) is 0 Å². The molecule has 4 heteroatoms. The molecule has 0 bridgehead atoms. The summed E-state index contributed by atoms with van der Waals surface area (Å²) in [6, 6.07) is 0. The van der Waals surface area contributed by atoms with E-state index in [1.807, 2.05) is 62.3 Å². The first-order chi connectivity index (χ1) is 6.79. The van der Waals surface area contributed by atoms with E-state index >= 15 is 0 Å². The van der Waals surface area contributed by atoms with Gasteiger partial charge in [0, 0.05) is 0 Å². The van der Waals surface area contributed by atoms with E-state index < -0.39 is 22.7 Å². The van der Waals surface area contributed by atoms with Gasteiger partial charge in [0.25, 0.3) is 0 Å². The standard InChI is InChI=1S/3C4H9O.In/c3*1-4(2,3)5;/h3*1-3H3;/q3*-1;+2. The van der Waals surface area contributed by atoms with Crippen molar-refractivity contribution in [1.82, 2.24) is 0 Å². The quantitative estimate of drug-likeness (QED) is 0.792. The van der Waals surface area contributed by atoms with Gasteiger partial charge in [0.05, 0.1) is 0 Å². The fourth-order valence-electron chi connectivity index (χ4n) is 0.938. The van der Waals surface area contributed by atoms with Gasteiger partial charge in [-0.05, 0) is 0 Å². The second kappa shape index (κ2) is 5.59. The Balaban J connectivity index is 4.53. The average Bonchev–Trinajstić information content (AvgIpc) is 1.70. The molecular weight excluding hydrogens is 307 g/mol. The summed E-state index contributed by atoms with van der Waals surface area (Å²) in [5.74, 6) is 0. The molecule has 97 valence electrons. The summed E-state index contributed by atoms with van der Waals surface area (Å²) < 4.78 is 17.9. The van der Waals surface area contributed by atoms with Crippen LogP contribution in [0.3, 0.4) is 0 Å². The van der Waals surface area contributed by atoms with Crippen LogP contribution in [0.5, 0.6) is 0 Å². The van der Waals surface area contributed by atoms with Crippen molar-refractivity contribution >= 4 is 22.7 Å². The van der Waals surface area contributed by atoms with E-state index in [9.17, 15) is 0 Å². The number of hydrogen-bond acceptors (Lipinski definition) is 3. The van der Waals surface area contributed by atoms with Gasteiger partial charge in [-0.15, -0.1) is 0 Å². The molecule has 0 N–H and O–H groups in total. The van der Waals surface area contributed by atoms with Crippen molar-refractivity contribution in [3.8, 4) is 0 Å². The molecule has 0 amide bonds. The van der Waals surface area contributed by atoms with Crippen molar-refractivity contribution in [2.24, 2.45) is 0 Å². The third-order valence-corrected chi connectivity index (χ3v) is 9.05. The van der Waals surface area contributed by atoms with Crippen molar-refractivity contribution in [3.05, 3.63) is 0 Å². The summed E-state index contributed by atoms with van der Waals surface area (Å²) >= 11 is -2.86. The molecule has 0 unspecified atom stereocenters. The summed E-state index contributed by atoms with van der Waals surface area (Å²) in [7, 11) is 0. The predicted molar refractivity (Wildman–Crippen MR) is 68.3 cm³/mol. The zero-order chi connectivity index (χ0) is 13.2. The Morgan fingerprint density at radius 3 is 0.812 bits per heavy atom. The van der Waals surface area contributed by atoms with E-state index in [4.69, 9.17) is 8.56 Å². The fraction of sp³-hybridized carbons (Fsp3) is 1.00. The van der Waals surface area contributed by atoms with Gasteiger partial charge in [-0.3, -0.25) is 0 Å². The molecule has 1 radical (unpaired) electrons. The fourth-order valence-corrected chi connectivity index (χ4v) is 6.29. The Bertz CT molecular complexity index is 170. The van der Waals surface area contributed by atoms with Gasteiger partial charge in [-0.25, -0.2) is 0 Å². The summed E-state index contributed by atoms with van der Waals surface area (Å²) in [5, 5.41) is 0. The van der Waals surface area contributed by atoms with Crippen molar-refractivity contribution in [2.75, 3.05) is 0 Å². The van der Waals surface area contributed by atoms with Crippen LogP contribution < -0.4 is 0 Å². The second-order valence-electron chi connectivity index (χ2n) is 6.98. The van der Waals surface area contributed by atoms with Crippen LogP contribution in [0.25, 0.3) is 0 Å². The molecule has 0 aromatic carbocycles. The minimum atomic E-state index is -2.86. The van der Waals surface area contributed by atoms with Gasteiger partial charge >= 0.3 is 110 Å². The van der Waals surface area contributed by atoms with Crippen LogP contribution in [-0.4, -0.2) is 39.5 Å². The summed E-state index contributed by atoms with van der Waals surface area (Å²) in [5.41, 5.74) is -0.592. The third kappa shape index (κ3) is 11.2. The Morgan fingerprint density at radius 1 is 0.500 bits per heavy atom. The average molecular weight is 334 g/mol. The van der Waals surface area contributed by atoms with Crippen LogP contribution in [0.2, 0.25) is 0 Å². The Labute approximate surface area is 110 Å². The van der Waals surface area contributed by atoms with E-state index in [0.717, 1.165) is 0 Å². The summed E-state index contributed by atoms with van der Waals surface area (Å²) in [6.45, 7) is 18.3. The first kappa shape index (κ1) is 16.8. The molecule has 0 atom stereocenters. The summed E-state index contributed by atoms with van der Waals surface area (Å²) in [6.07, 6.45) is 0. The molecule has 0 aliphatic carbocycles. The Morgan fingerprint density at radius 2 is 0.688 bits per heavy atom. The molecule has 0 aliphatic rings. The van der Waals surface area contributed by atoms with E-state index in [-0.39, 0.29) is 16.8 Å². The maximum atomic E-state index is 5.96. The van der Waals surface area contributed by atoms with Crippen molar-refractivity contribution in [3.63, 3.8) is 0 Å².